The summed E-state index contributed by atoms with van der Waals surface area (Å²) in [6, 6.07) is 0. The summed E-state index contributed by atoms with van der Waals surface area (Å²) in [5.41, 5.74) is 0. The Balaban J connectivity index is 1.37. The minimum Gasteiger partial charge on any atom is -0.330 e. The molecule has 0 amide bonds. The Bertz CT molecular complexity index is 296. The van der Waals surface area contributed by atoms with Crippen LogP contribution < -0.4 is 0 Å². The fraction of sp³-hybridized carbons (Fsp3) is 1.00. The lowest BCUT2D eigenvalue weighted by Crippen LogP contribution is -2.40. The van der Waals surface area contributed by atoms with Gasteiger partial charge in [0.05, 0.1) is 19.3 Å². The molecule has 0 aromatic carbocycles. The number of hydrogen-bond acceptors (Lipinski definition) is 3. The fourth-order valence-electron chi connectivity index (χ4n) is 4.13. The maximum Gasteiger partial charge on any atom is 0.271 e. The molecule has 0 unspecified atom stereocenters. The molecule has 0 spiro atoms. The topological polar surface area (TPSA) is 27.7 Å². The second-order valence-corrected chi connectivity index (χ2v) is 7.75. The first-order valence-electron chi connectivity index (χ1n) is 9.09. The highest BCUT2D eigenvalue weighted by molar-refractivity contribution is 4.78. The predicted octanol–water partition coefficient (Wildman–Crippen LogP) is 4.35. The molecule has 3 heteroatoms. The molecular weight excluding hydrogens is 264 g/mol. The van der Waals surface area contributed by atoms with Gasteiger partial charge in [0.1, 0.15) is 0 Å². The quantitative estimate of drug-likeness (QED) is 0.774. The van der Waals surface area contributed by atoms with Gasteiger partial charge in [-0.25, -0.2) is 0 Å². The summed E-state index contributed by atoms with van der Waals surface area (Å²) in [5.74, 6) is 3.16. The van der Waals surface area contributed by atoms with Gasteiger partial charge in [0.2, 0.25) is 0 Å². The van der Waals surface area contributed by atoms with E-state index in [0.717, 1.165) is 43.8 Å². The van der Waals surface area contributed by atoms with E-state index < -0.39 is 6.48 Å². The van der Waals surface area contributed by atoms with Crippen molar-refractivity contribution in [1.82, 2.24) is 0 Å². The molecule has 0 radical (unpaired) electrons. The van der Waals surface area contributed by atoms with E-state index in [1.54, 1.807) is 0 Å². The van der Waals surface area contributed by atoms with E-state index in [0.29, 0.717) is 12.0 Å². The van der Waals surface area contributed by atoms with E-state index >= 15 is 0 Å². The molecule has 3 nitrogen and oxygen atoms in total. The molecule has 0 aromatic rings. The SMILES string of the molecule is CC1CCC(OC2OCC(C3CCC(C)CC3)CO2)CC1. The van der Waals surface area contributed by atoms with E-state index in [2.05, 4.69) is 13.8 Å². The molecule has 1 heterocycles. The van der Waals surface area contributed by atoms with Gasteiger partial charge in [-0.2, -0.15) is 0 Å². The largest absolute Gasteiger partial charge is 0.330 e. The van der Waals surface area contributed by atoms with Gasteiger partial charge in [-0.1, -0.05) is 26.7 Å². The first-order chi connectivity index (χ1) is 10.2. The van der Waals surface area contributed by atoms with Crippen LogP contribution in [0.1, 0.15) is 65.2 Å². The zero-order chi connectivity index (χ0) is 14.7. The third-order valence-corrected chi connectivity index (χ3v) is 5.89. The average Bonchev–Trinajstić information content (AvgIpc) is 2.51. The second kappa shape index (κ2) is 7.43. The van der Waals surface area contributed by atoms with Crippen molar-refractivity contribution in [2.24, 2.45) is 23.7 Å². The van der Waals surface area contributed by atoms with Crippen LogP contribution in [-0.2, 0) is 14.2 Å². The van der Waals surface area contributed by atoms with Crippen LogP contribution in [0, 0.1) is 23.7 Å². The van der Waals surface area contributed by atoms with E-state index in [-0.39, 0.29) is 0 Å². The van der Waals surface area contributed by atoms with Crippen molar-refractivity contribution >= 4 is 0 Å². The summed E-state index contributed by atoms with van der Waals surface area (Å²) in [6.07, 6.45) is 10.7. The Morgan fingerprint density at radius 3 is 1.76 bits per heavy atom. The molecule has 1 aliphatic heterocycles. The smallest absolute Gasteiger partial charge is 0.271 e. The van der Waals surface area contributed by atoms with Crippen molar-refractivity contribution in [3.8, 4) is 0 Å². The molecular formula is C18H32O3. The lowest BCUT2D eigenvalue weighted by Gasteiger charge is -2.38. The summed E-state index contributed by atoms with van der Waals surface area (Å²) in [5, 5.41) is 0. The summed E-state index contributed by atoms with van der Waals surface area (Å²) < 4.78 is 17.7. The minimum absolute atomic E-state index is 0.346. The van der Waals surface area contributed by atoms with Crippen LogP contribution in [0.3, 0.4) is 0 Å². The Labute approximate surface area is 129 Å². The molecule has 122 valence electrons. The Kier molecular flexibility index (Phi) is 5.58. The summed E-state index contributed by atoms with van der Waals surface area (Å²) in [4.78, 5) is 0. The zero-order valence-corrected chi connectivity index (χ0v) is 13.8. The van der Waals surface area contributed by atoms with Crippen molar-refractivity contribution in [3.63, 3.8) is 0 Å². The van der Waals surface area contributed by atoms with E-state index in [1.807, 2.05) is 0 Å². The number of ether oxygens (including phenoxy) is 3. The van der Waals surface area contributed by atoms with Gasteiger partial charge in [-0.05, 0) is 56.3 Å². The molecule has 0 bridgehead atoms. The number of hydrogen-bond donors (Lipinski definition) is 0. The van der Waals surface area contributed by atoms with Crippen molar-refractivity contribution in [2.75, 3.05) is 13.2 Å². The maximum absolute atomic E-state index is 5.99. The third-order valence-electron chi connectivity index (χ3n) is 5.89. The van der Waals surface area contributed by atoms with Crippen molar-refractivity contribution in [2.45, 2.75) is 77.8 Å². The molecule has 0 N–H and O–H groups in total. The highest BCUT2D eigenvalue weighted by atomic mass is 16.9. The van der Waals surface area contributed by atoms with Crippen LogP contribution in [-0.4, -0.2) is 25.8 Å². The van der Waals surface area contributed by atoms with Gasteiger partial charge >= 0.3 is 0 Å². The van der Waals surface area contributed by atoms with Gasteiger partial charge in [0, 0.05) is 5.92 Å². The van der Waals surface area contributed by atoms with Crippen LogP contribution in [0.15, 0.2) is 0 Å². The molecule has 0 aromatic heterocycles. The van der Waals surface area contributed by atoms with Gasteiger partial charge < -0.3 is 14.2 Å². The van der Waals surface area contributed by atoms with E-state index in [1.165, 1.54) is 38.5 Å². The monoisotopic (exact) mass is 296 g/mol. The van der Waals surface area contributed by atoms with Crippen LogP contribution in [0.5, 0.6) is 0 Å². The van der Waals surface area contributed by atoms with E-state index in [9.17, 15) is 0 Å². The van der Waals surface area contributed by atoms with Crippen molar-refractivity contribution in [1.29, 1.82) is 0 Å². The first-order valence-corrected chi connectivity index (χ1v) is 9.09. The molecule has 1 saturated heterocycles. The van der Waals surface area contributed by atoms with Gasteiger partial charge in [0.15, 0.2) is 0 Å². The Morgan fingerprint density at radius 2 is 1.19 bits per heavy atom. The lowest BCUT2D eigenvalue weighted by molar-refractivity contribution is -0.341. The first kappa shape index (κ1) is 15.8. The Hall–Kier alpha value is -0.120. The fourth-order valence-corrected chi connectivity index (χ4v) is 4.13. The average molecular weight is 296 g/mol. The van der Waals surface area contributed by atoms with Crippen molar-refractivity contribution < 1.29 is 14.2 Å². The van der Waals surface area contributed by atoms with Crippen LogP contribution in [0.2, 0.25) is 0 Å². The van der Waals surface area contributed by atoms with E-state index in [4.69, 9.17) is 14.2 Å². The highest BCUT2D eigenvalue weighted by Crippen LogP contribution is 2.35. The van der Waals surface area contributed by atoms with Gasteiger partial charge in [-0.15, -0.1) is 0 Å². The second-order valence-electron chi connectivity index (χ2n) is 7.75. The third kappa shape index (κ3) is 4.43. The van der Waals surface area contributed by atoms with Crippen LogP contribution in [0.25, 0.3) is 0 Å². The summed E-state index contributed by atoms with van der Waals surface area (Å²) in [6.45, 7) is 5.96. The predicted molar refractivity (Wildman–Crippen MR) is 82.8 cm³/mol. The van der Waals surface area contributed by atoms with Crippen molar-refractivity contribution in [3.05, 3.63) is 0 Å². The standard InChI is InChI=1S/C18H32O3/c1-13-3-7-15(8-4-13)16-11-19-18(20-12-16)21-17-9-5-14(2)6-10-17/h13-18H,3-12H2,1-2H3. The van der Waals surface area contributed by atoms with Crippen LogP contribution >= 0.6 is 0 Å². The molecule has 2 saturated carbocycles. The molecule has 2 aliphatic carbocycles. The normalized spacial score (nSPS) is 45.4. The lowest BCUT2D eigenvalue weighted by atomic mass is 9.77. The maximum atomic E-state index is 5.99. The molecule has 3 rings (SSSR count). The Morgan fingerprint density at radius 1 is 0.667 bits per heavy atom. The zero-order valence-electron chi connectivity index (χ0n) is 13.8. The molecule has 3 fully saturated rings. The molecule has 3 aliphatic rings. The molecule has 21 heavy (non-hydrogen) atoms. The minimum atomic E-state index is -0.401. The number of rotatable bonds is 3. The molecule has 0 atom stereocenters. The van der Waals surface area contributed by atoms with Crippen LogP contribution in [0.4, 0.5) is 0 Å². The van der Waals surface area contributed by atoms with Gasteiger partial charge in [-0.3, -0.25) is 0 Å². The summed E-state index contributed by atoms with van der Waals surface area (Å²) in [7, 11) is 0. The summed E-state index contributed by atoms with van der Waals surface area (Å²) >= 11 is 0. The highest BCUT2D eigenvalue weighted by Gasteiger charge is 2.32. The van der Waals surface area contributed by atoms with Gasteiger partial charge in [0.25, 0.3) is 6.48 Å².